The number of rotatable bonds is 2. The molecule has 0 fully saturated rings. The van der Waals surface area contributed by atoms with E-state index in [0.717, 1.165) is 4.83 Å². The van der Waals surface area contributed by atoms with E-state index in [0.29, 0.717) is 6.04 Å². The van der Waals surface area contributed by atoms with Crippen LogP contribution < -0.4 is 10.2 Å². The highest BCUT2D eigenvalue weighted by molar-refractivity contribution is 7.25. The molecular formula is C25H21N3S. The van der Waals surface area contributed by atoms with Crippen LogP contribution in [0.1, 0.15) is 25.6 Å². The Hall–Kier alpha value is -3.11. The van der Waals surface area contributed by atoms with Gasteiger partial charge in [0.05, 0.1) is 11.4 Å². The van der Waals surface area contributed by atoms with Gasteiger partial charge in [0.25, 0.3) is 0 Å². The van der Waals surface area contributed by atoms with E-state index in [9.17, 15) is 0 Å². The molecule has 0 aliphatic carbocycles. The van der Waals surface area contributed by atoms with Crippen LogP contribution in [0.4, 0.5) is 11.4 Å². The van der Waals surface area contributed by atoms with E-state index in [2.05, 4.69) is 89.7 Å². The molecule has 0 spiro atoms. The zero-order valence-corrected chi connectivity index (χ0v) is 17.2. The number of pyridine rings is 1. The summed E-state index contributed by atoms with van der Waals surface area (Å²) in [5.41, 5.74) is 3.83. The van der Waals surface area contributed by atoms with Crippen molar-refractivity contribution in [2.45, 2.75) is 26.1 Å². The highest BCUT2D eigenvalue weighted by Gasteiger charge is 2.34. The summed E-state index contributed by atoms with van der Waals surface area (Å²) in [6.07, 6.45) is 1.99. The maximum absolute atomic E-state index is 4.61. The first kappa shape index (κ1) is 16.8. The number of fused-ring (bicyclic) bond motifs is 6. The van der Waals surface area contributed by atoms with Gasteiger partial charge in [-0.05, 0) is 37.4 Å². The summed E-state index contributed by atoms with van der Waals surface area (Å²) in [5, 5.41) is 8.96. The lowest BCUT2D eigenvalue weighted by Crippen LogP contribution is -2.34. The zero-order chi connectivity index (χ0) is 19.5. The Bertz CT molecular complexity index is 1390. The fourth-order valence-corrected chi connectivity index (χ4v) is 5.83. The van der Waals surface area contributed by atoms with Crippen LogP contribution in [0.25, 0.3) is 31.1 Å². The van der Waals surface area contributed by atoms with Gasteiger partial charge >= 0.3 is 0 Å². The zero-order valence-electron chi connectivity index (χ0n) is 16.4. The summed E-state index contributed by atoms with van der Waals surface area (Å²) in [4.78, 5) is 8.22. The monoisotopic (exact) mass is 395 g/mol. The molecule has 0 saturated carbocycles. The van der Waals surface area contributed by atoms with Crippen LogP contribution in [0, 0.1) is 0 Å². The van der Waals surface area contributed by atoms with E-state index in [4.69, 9.17) is 0 Å². The molecule has 1 aliphatic rings. The second-order valence-corrected chi connectivity index (χ2v) is 8.91. The minimum atomic E-state index is 0.104. The number of hydrogen-bond acceptors (Lipinski definition) is 4. The van der Waals surface area contributed by atoms with Gasteiger partial charge in [0.2, 0.25) is 0 Å². The maximum Gasteiger partial charge on any atom is 0.127 e. The van der Waals surface area contributed by atoms with Crippen molar-refractivity contribution in [2.75, 3.05) is 10.2 Å². The number of nitrogens with zero attached hydrogens (tertiary/aromatic N) is 2. The van der Waals surface area contributed by atoms with Gasteiger partial charge in [-0.3, -0.25) is 0 Å². The van der Waals surface area contributed by atoms with Crippen molar-refractivity contribution in [3.05, 3.63) is 78.5 Å². The third-order valence-corrected chi connectivity index (χ3v) is 7.08. The van der Waals surface area contributed by atoms with Crippen molar-refractivity contribution < 1.29 is 0 Å². The Balaban J connectivity index is 1.59. The Labute approximate surface area is 173 Å². The van der Waals surface area contributed by atoms with Crippen LogP contribution >= 0.6 is 11.3 Å². The Kier molecular flexibility index (Phi) is 3.59. The molecule has 1 N–H and O–H groups in total. The molecular weight excluding hydrogens is 374 g/mol. The molecule has 0 bridgehead atoms. The molecule has 3 heterocycles. The molecule has 0 radical (unpaired) electrons. The molecule has 1 unspecified atom stereocenters. The SMILES string of the molecule is CC(C)N1c2ccc3ccccc3c2NC1c1cccc2c1sc1ncccc12. The Morgan fingerprint density at radius 2 is 1.72 bits per heavy atom. The summed E-state index contributed by atoms with van der Waals surface area (Å²) < 4.78 is 1.32. The molecule has 3 nitrogen and oxygen atoms in total. The summed E-state index contributed by atoms with van der Waals surface area (Å²) in [6.45, 7) is 4.54. The average Bonchev–Trinajstić information content (AvgIpc) is 3.32. The molecule has 5 aromatic rings. The van der Waals surface area contributed by atoms with Crippen molar-refractivity contribution in [1.82, 2.24) is 4.98 Å². The number of anilines is 2. The van der Waals surface area contributed by atoms with Crippen molar-refractivity contribution in [3.8, 4) is 0 Å². The van der Waals surface area contributed by atoms with Crippen LogP contribution in [0.2, 0.25) is 0 Å². The first-order valence-corrected chi connectivity index (χ1v) is 10.9. The van der Waals surface area contributed by atoms with Gasteiger partial charge in [0, 0.05) is 38.7 Å². The van der Waals surface area contributed by atoms with Crippen molar-refractivity contribution >= 4 is 53.8 Å². The summed E-state index contributed by atoms with van der Waals surface area (Å²) in [6, 6.07) is 24.4. The van der Waals surface area contributed by atoms with Gasteiger partial charge in [-0.25, -0.2) is 4.98 Å². The van der Waals surface area contributed by atoms with Crippen LogP contribution in [0.15, 0.2) is 72.9 Å². The standard InChI is InChI=1S/C25H21N3S/c1-15(2)28-21-13-12-16-7-3-4-8-17(16)22(21)27-24(28)20-10-5-9-18-19-11-6-14-26-25(19)29-23(18)20/h3-15,24,27H,1-2H3. The van der Waals surface area contributed by atoms with E-state index in [1.807, 2.05) is 12.3 Å². The van der Waals surface area contributed by atoms with E-state index in [-0.39, 0.29) is 6.17 Å². The number of benzene rings is 3. The van der Waals surface area contributed by atoms with Gasteiger partial charge in [0.1, 0.15) is 11.0 Å². The molecule has 0 amide bonds. The smallest absolute Gasteiger partial charge is 0.127 e. The van der Waals surface area contributed by atoms with Crippen LogP contribution in [-0.4, -0.2) is 11.0 Å². The fourth-order valence-electron chi connectivity index (χ4n) is 4.65. The fraction of sp³-hybridized carbons (Fsp3) is 0.160. The third kappa shape index (κ3) is 2.39. The minimum absolute atomic E-state index is 0.104. The lowest BCUT2D eigenvalue weighted by Gasteiger charge is -2.31. The molecule has 0 saturated heterocycles. The largest absolute Gasteiger partial charge is 0.359 e. The first-order valence-electron chi connectivity index (χ1n) is 10.0. The lowest BCUT2D eigenvalue weighted by molar-refractivity contribution is 0.632. The summed E-state index contributed by atoms with van der Waals surface area (Å²) in [5.74, 6) is 0. The van der Waals surface area contributed by atoms with Crippen molar-refractivity contribution in [1.29, 1.82) is 0 Å². The first-order chi connectivity index (χ1) is 14.2. The average molecular weight is 396 g/mol. The van der Waals surface area contributed by atoms with Gasteiger partial charge in [0.15, 0.2) is 0 Å². The lowest BCUT2D eigenvalue weighted by atomic mass is 10.1. The van der Waals surface area contributed by atoms with Crippen molar-refractivity contribution in [2.24, 2.45) is 0 Å². The van der Waals surface area contributed by atoms with Crippen LogP contribution in [0.5, 0.6) is 0 Å². The maximum atomic E-state index is 4.61. The normalized spacial score (nSPS) is 16.1. The molecule has 3 aromatic carbocycles. The summed E-state index contributed by atoms with van der Waals surface area (Å²) in [7, 11) is 0. The van der Waals surface area contributed by atoms with Gasteiger partial charge in [-0.2, -0.15) is 0 Å². The number of nitrogens with one attached hydrogen (secondary N) is 1. The van der Waals surface area contributed by atoms with Crippen LogP contribution in [-0.2, 0) is 0 Å². The van der Waals surface area contributed by atoms with E-state index in [1.54, 1.807) is 11.3 Å². The Morgan fingerprint density at radius 1 is 0.897 bits per heavy atom. The topological polar surface area (TPSA) is 28.2 Å². The Morgan fingerprint density at radius 3 is 2.62 bits per heavy atom. The van der Waals surface area contributed by atoms with E-state index < -0.39 is 0 Å². The number of hydrogen-bond donors (Lipinski definition) is 1. The summed E-state index contributed by atoms with van der Waals surface area (Å²) >= 11 is 1.79. The molecule has 6 rings (SSSR count). The highest BCUT2D eigenvalue weighted by Crippen LogP contribution is 2.48. The predicted molar refractivity (Wildman–Crippen MR) is 125 cm³/mol. The van der Waals surface area contributed by atoms with Crippen LogP contribution in [0.3, 0.4) is 0 Å². The molecule has 2 aromatic heterocycles. The van der Waals surface area contributed by atoms with Gasteiger partial charge in [-0.15, -0.1) is 11.3 Å². The second-order valence-electron chi connectivity index (χ2n) is 7.91. The minimum Gasteiger partial charge on any atom is -0.359 e. The number of aromatic nitrogens is 1. The predicted octanol–water partition coefficient (Wildman–Crippen LogP) is 6.94. The molecule has 29 heavy (non-hydrogen) atoms. The number of thiophene rings is 1. The van der Waals surface area contributed by atoms with Gasteiger partial charge < -0.3 is 10.2 Å². The van der Waals surface area contributed by atoms with Gasteiger partial charge in [-0.1, -0.05) is 48.5 Å². The van der Waals surface area contributed by atoms with E-state index in [1.165, 1.54) is 43.2 Å². The third-order valence-electron chi connectivity index (χ3n) is 5.90. The highest BCUT2D eigenvalue weighted by atomic mass is 32.1. The molecule has 4 heteroatoms. The second kappa shape index (κ2) is 6.19. The molecule has 142 valence electrons. The molecule has 1 atom stereocenters. The quantitative estimate of drug-likeness (QED) is 0.351. The van der Waals surface area contributed by atoms with E-state index >= 15 is 0 Å². The molecule has 1 aliphatic heterocycles. The van der Waals surface area contributed by atoms with Crippen molar-refractivity contribution in [3.63, 3.8) is 0 Å².